The summed E-state index contributed by atoms with van der Waals surface area (Å²) in [4.78, 5) is 12.8. The van der Waals surface area contributed by atoms with Gasteiger partial charge in [-0.1, -0.05) is 41.5 Å². The number of aliphatic hydroxyl groups is 1. The largest absolute Gasteiger partial charge is 0.438 e. The molecular formula is C38H62O4. The molecule has 1 N–H and O–H groups in total. The second kappa shape index (κ2) is 10.5. The normalized spacial score (nSPS) is 56.0. The SMILES string of the molecule is C[C@@H]1C2C[C@H](O)CC[C@]2(C)C2C[C@H](C)[C@]3(C)C(CCCC(=O)OCOC45CC6CC(CC(C)(C6)C4)C5)CCC3C2[C@@H]1C. The molecule has 0 aromatic carbocycles. The Morgan fingerprint density at radius 2 is 1.60 bits per heavy atom. The van der Waals surface area contributed by atoms with Gasteiger partial charge >= 0.3 is 5.97 Å². The number of hydrogen-bond acceptors (Lipinski definition) is 4. The Balaban J connectivity index is 0.936. The van der Waals surface area contributed by atoms with Crippen molar-refractivity contribution in [1.29, 1.82) is 0 Å². The third-order valence-corrected chi connectivity index (χ3v) is 16.2. The zero-order valence-corrected chi connectivity index (χ0v) is 27.8. The summed E-state index contributed by atoms with van der Waals surface area (Å²) in [6.07, 6.45) is 17.5. The molecule has 4 nitrogen and oxygen atoms in total. The Kier molecular flexibility index (Phi) is 7.49. The van der Waals surface area contributed by atoms with Crippen LogP contribution in [-0.4, -0.2) is 29.6 Å². The summed E-state index contributed by atoms with van der Waals surface area (Å²) in [5, 5.41) is 10.6. The van der Waals surface area contributed by atoms with Crippen molar-refractivity contribution in [3.05, 3.63) is 0 Å². The van der Waals surface area contributed by atoms with Gasteiger partial charge in [0.15, 0.2) is 6.79 Å². The number of esters is 1. The molecule has 0 aliphatic heterocycles. The van der Waals surface area contributed by atoms with Gasteiger partial charge in [-0.15, -0.1) is 0 Å². The highest BCUT2D eigenvalue weighted by molar-refractivity contribution is 5.69. The van der Waals surface area contributed by atoms with Gasteiger partial charge < -0.3 is 14.6 Å². The quantitative estimate of drug-likeness (QED) is 0.241. The van der Waals surface area contributed by atoms with Crippen molar-refractivity contribution in [1.82, 2.24) is 0 Å². The lowest BCUT2D eigenvalue weighted by molar-refractivity contribution is -0.225. The summed E-state index contributed by atoms with van der Waals surface area (Å²) in [5.74, 6) is 7.56. The average molecular weight is 583 g/mol. The van der Waals surface area contributed by atoms with E-state index in [1.165, 1.54) is 57.8 Å². The summed E-state index contributed by atoms with van der Waals surface area (Å²) in [6, 6.07) is 0. The minimum atomic E-state index is -0.0877. The van der Waals surface area contributed by atoms with Crippen molar-refractivity contribution in [3.63, 3.8) is 0 Å². The van der Waals surface area contributed by atoms with Gasteiger partial charge in [-0.25, -0.2) is 0 Å². The van der Waals surface area contributed by atoms with Gasteiger partial charge in [0, 0.05) is 6.42 Å². The van der Waals surface area contributed by atoms with Gasteiger partial charge in [0.25, 0.3) is 0 Å². The van der Waals surface area contributed by atoms with Crippen LogP contribution in [0.3, 0.4) is 0 Å². The minimum Gasteiger partial charge on any atom is -0.438 e. The lowest BCUT2D eigenvalue weighted by Gasteiger charge is -2.66. The highest BCUT2D eigenvalue weighted by Crippen LogP contribution is 2.71. The number of fused-ring (bicyclic) bond motifs is 5. The van der Waals surface area contributed by atoms with E-state index in [0.29, 0.717) is 34.5 Å². The second-order valence-corrected chi connectivity index (χ2v) is 18.5. The first kappa shape index (κ1) is 30.1. The Labute approximate surface area is 256 Å². The van der Waals surface area contributed by atoms with Gasteiger partial charge in [0.2, 0.25) is 0 Å². The molecule has 0 aromatic rings. The van der Waals surface area contributed by atoms with Crippen molar-refractivity contribution < 1.29 is 19.4 Å². The minimum absolute atomic E-state index is 0.0240. The Hall–Kier alpha value is -0.610. The molecule has 0 spiro atoms. The lowest BCUT2D eigenvalue weighted by Crippen LogP contribution is -2.60. The van der Waals surface area contributed by atoms with E-state index in [-0.39, 0.29) is 24.5 Å². The second-order valence-electron chi connectivity index (χ2n) is 18.5. The highest BCUT2D eigenvalue weighted by Gasteiger charge is 2.65. The molecule has 8 aliphatic rings. The molecule has 8 saturated carbocycles. The molecule has 0 aromatic heterocycles. The maximum absolute atomic E-state index is 12.8. The van der Waals surface area contributed by atoms with E-state index in [0.717, 1.165) is 79.4 Å². The van der Waals surface area contributed by atoms with E-state index >= 15 is 0 Å². The first-order chi connectivity index (χ1) is 19.9. The number of rotatable bonds is 7. The fourth-order valence-electron chi connectivity index (χ4n) is 14.6. The van der Waals surface area contributed by atoms with Crippen LogP contribution >= 0.6 is 0 Å². The van der Waals surface area contributed by atoms with Crippen molar-refractivity contribution in [2.24, 2.45) is 75.4 Å². The van der Waals surface area contributed by atoms with Crippen molar-refractivity contribution in [2.75, 3.05) is 6.79 Å². The molecule has 8 aliphatic carbocycles. The third kappa shape index (κ3) is 4.68. The van der Waals surface area contributed by atoms with Gasteiger partial charge in [-0.05, 0) is 165 Å². The van der Waals surface area contributed by atoms with Crippen LogP contribution in [0.5, 0.6) is 0 Å². The summed E-state index contributed by atoms with van der Waals surface area (Å²) in [6.45, 7) is 15.5. The van der Waals surface area contributed by atoms with Crippen LogP contribution < -0.4 is 0 Å². The van der Waals surface area contributed by atoms with Crippen LogP contribution in [0.4, 0.5) is 0 Å². The van der Waals surface area contributed by atoms with Gasteiger partial charge in [0.1, 0.15) is 0 Å². The zero-order chi connectivity index (χ0) is 29.7. The molecule has 42 heavy (non-hydrogen) atoms. The van der Waals surface area contributed by atoms with Crippen LogP contribution in [0, 0.1) is 75.4 Å². The number of hydrogen-bond donors (Lipinski definition) is 1. The smallest absolute Gasteiger partial charge is 0.307 e. The van der Waals surface area contributed by atoms with Crippen LogP contribution in [0.2, 0.25) is 0 Å². The Morgan fingerprint density at radius 3 is 2.31 bits per heavy atom. The van der Waals surface area contributed by atoms with Gasteiger partial charge in [0.05, 0.1) is 11.7 Å². The van der Waals surface area contributed by atoms with E-state index < -0.39 is 0 Å². The number of carbonyl (C=O) groups is 1. The monoisotopic (exact) mass is 582 g/mol. The number of aliphatic hydroxyl groups excluding tert-OH is 1. The molecule has 13 atom stereocenters. The lowest BCUT2D eigenvalue weighted by atomic mass is 9.39. The maximum Gasteiger partial charge on any atom is 0.307 e. The third-order valence-electron chi connectivity index (χ3n) is 16.2. The first-order valence-corrected chi connectivity index (χ1v) is 18.3. The summed E-state index contributed by atoms with van der Waals surface area (Å²) in [5.41, 5.74) is 1.20. The van der Waals surface area contributed by atoms with Crippen LogP contribution in [0.25, 0.3) is 0 Å². The molecular weight excluding hydrogens is 520 g/mol. The molecule has 0 amide bonds. The highest BCUT2D eigenvalue weighted by atomic mass is 16.7. The van der Waals surface area contributed by atoms with Crippen molar-refractivity contribution in [3.8, 4) is 0 Å². The molecule has 238 valence electrons. The average Bonchev–Trinajstić information content (AvgIpc) is 3.24. The van der Waals surface area contributed by atoms with E-state index in [9.17, 15) is 9.90 Å². The molecule has 8 fully saturated rings. The molecule has 0 heterocycles. The number of ether oxygens (including phenoxy) is 2. The van der Waals surface area contributed by atoms with E-state index in [4.69, 9.17) is 9.47 Å². The number of carbonyl (C=O) groups excluding carboxylic acids is 1. The van der Waals surface area contributed by atoms with Crippen molar-refractivity contribution >= 4 is 5.97 Å². The van der Waals surface area contributed by atoms with Crippen molar-refractivity contribution in [2.45, 2.75) is 150 Å². The summed E-state index contributed by atoms with van der Waals surface area (Å²) >= 11 is 0. The van der Waals surface area contributed by atoms with Crippen LogP contribution in [-0.2, 0) is 14.3 Å². The Bertz CT molecular complexity index is 1020. The first-order valence-electron chi connectivity index (χ1n) is 18.3. The zero-order valence-electron chi connectivity index (χ0n) is 27.8. The topological polar surface area (TPSA) is 55.8 Å². The van der Waals surface area contributed by atoms with Crippen LogP contribution in [0.1, 0.15) is 138 Å². The van der Waals surface area contributed by atoms with E-state index in [1.807, 2.05) is 0 Å². The predicted octanol–water partition coefficient (Wildman–Crippen LogP) is 8.79. The molecule has 0 saturated heterocycles. The fraction of sp³-hybridized carbons (Fsp3) is 0.974. The standard InChI is InChI=1S/C38H62O4/c1-23-14-32-34(25(3)24(2)31-16-29(39)12-13-36(31,32)5)30-11-10-28(37(23,30)6)8-7-9-33(40)41-22-42-38-19-26-15-27(20-38)18-35(4,17-26)21-38/h23-32,34,39H,7-22H2,1-6H3/t23-,24-,25+,26?,27?,28?,29+,30?,31?,32?,34?,35?,36-,37+,38?/m0/s1. The molecule has 7 unspecified atom stereocenters. The van der Waals surface area contributed by atoms with E-state index in [2.05, 4.69) is 41.5 Å². The van der Waals surface area contributed by atoms with E-state index in [1.54, 1.807) is 0 Å². The Morgan fingerprint density at radius 1 is 0.857 bits per heavy atom. The molecule has 8 rings (SSSR count). The van der Waals surface area contributed by atoms with Gasteiger partial charge in [-0.3, -0.25) is 4.79 Å². The summed E-state index contributed by atoms with van der Waals surface area (Å²) in [7, 11) is 0. The molecule has 4 bridgehead atoms. The van der Waals surface area contributed by atoms with Crippen LogP contribution in [0.15, 0.2) is 0 Å². The molecule has 4 heteroatoms. The molecule has 0 radical (unpaired) electrons. The maximum atomic E-state index is 12.8. The van der Waals surface area contributed by atoms with Gasteiger partial charge in [-0.2, -0.15) is 0 Å². The fourth-order valence-corrected chi connectivity index (χ4v) is 14.6. The predicted molar refractivity (Wildman–Crippen MR) is 166 cm³/mol. The summed E-state index contributed by atoms with van der Waals surface area (Å²) < 4.78 is 12.1.